The zero-order valence-electron chi connectivity index (χ0n) is 18.7. The number of hydrogen-bond donors (Lipinski definition) is 2. The molecule has 0 saturated heterocycles. The Balaban J connectivity index is 1.95. The maximum Gasteiger partial charge on any atom is 0.387 e. The molecule has 11 heteroatoms. The molecule has 0 aliphatic carbocycles. The van der Waals surface area contributed by atoms with Crippen LogP contribution in [0, 0.1) is 0 Å². The Morgan fingerprint density at radius 2 is 1.91 bits per heavy atom. The predicted molar refractivity (Wildman–Crippen MR) is 121 cm³/mol. The van der Waals surface area contributed by atoms with Crippen molar-refractivity contribution in [1.29, 1.82) is 0 Å². The molecule has 2 aromatic rings. The number of nitrogens with zero attached hydrogens (tertiary/aromatic N) is 2. The number of ether oxygens (including phenoxy) is 1. The van der Waals surface area contributed by atoms with E-state index in [1.807, 2.05) is 0 Å². The number of carbonyl (C=O) groups is 4. The van der Waals surface area contributed by atoms with Crippen LogP contribution in [-0.2, 0) is 20.8 Å². The molecule has 3 rings (SSSR count). The second-order valence-electron chi connectivity index (χ2n) is 7.65. The average Bonchev–Trinajstić information content (AvgIpc) is 2.80. The van der Waals surface area contributed by atoms with Crippen LogP contribution >= 0.6 is 0 Å². The van der Waals surface area contributed by atoms with Gasteiger partial charge in [-0.15, -0.1) is 0 Å². The number of carboxylic acids is 1. The number of hydrogen-bond acceptors (Lipinski definition) is 5. The highest BCUT2D eigenvalue weighted by atomic mass is 19.3. The van der Waals surface area contributed by atoms with E-state index in [9.17, 15) is 28.0 Å². The summed E-state index contributed by atoms with van der Waals surface area (Å²) in [7, 11) is 1.44. The Hall–Kier alpha value is -4.28. The van der Waals surface area contributed by atoms with Crippen LogP contribution in [0.3, 0.4) is 0 Å². The van der Waals surface area contributed by atoms with Gasteiger partial charge < -0.3 is 20.1 Å². The lowest BCUT2D eigenvalue weighted by atomic mass is 10.0. The first-order chi connectivity index (χ1) is 16.7. The number of amides is 3. The minimum atomic E-state index is -3.00. The molecule has 1 aliphatic heterocycles. The van der Waals surface area contributed by atoms with E-state index in [0.29, 0.717) is 11.1 Å². The Morgan fingerprint density at radius 3 is 2.63 bits per heavy atom. The van der Waals surface area contributed by atoms with Gasteiger partial charge in [-0.2, -0.15) is 8.78 Å². The van der Waals surface area contributed by atoms with Crippen molar-refractivity contribution in [2.75, 3.05) is 18.5 Å². The molecule has 1 aliphatic rings. The molecule has 0 radical (unpaired) electrons. The van der Waals surface area contributed by atoms with Crippen molar-refractivity contribution in [2.45, 2.75) is 25.5 Å². The van der Waals surface area contributed by atoms with Crippen LogP contribution in [0.4, 0.5) is 19.3 Å². The van der Waals surface area contributed by atoms with Gasteiger partial charge in [-0.1, -0.05) is 30.3 Å². The van der Waals surface area contributed by atoms with Crippen molar-refractivity contribution in [1.82, 2.24) is 10.2 Å². The lowest BCUT2D eigenvalue weighted by molar-refractivity contribution is -0.137. The fourth-order valence-corrected chi connectivity index (χ4v) is 3.54. The Kier molecular flexibility index (Phi) is 8.13. The summed E-state index contributed by atoms with van der Waals surface area (Å²) in [5.74, 6) is -2.40. The molecular weight excluding hydrogens is 464 g/mol. The molecule has 0 bridgehead atoms. The summed E-state index contributed by atoms with van der Waals surface area (Å²) < 4.78 is 30.1. The van der Waals surface area contributed by atoms with Crippen molar-refractivity contribution < 1.29 is 37.8 Å². The summed E-state index contributed by atoms with van der Waals surface area (Å²) in [4.78, 5) is 51.5. The largest absolute Gasteiger partial charge is 0.481 e. The topological polar surface area (TPSA) is 116 Å². The molecular formula is C24H23F2N3O6. The Morgan fingerprint density at radius 1 is 1.17 bits per heavy atom. The average molecular weight is 487 g/mol. The van der Waals surface area contributed by atoms with Gasteiger partial charge in [0, 0.05) is 38.0 Å². The van der Waals surface area contributed by atoms with Gasteiger partial charge in [0.15, 0.2) is 11.8 Å². The van der Waals surface area contributed by atoms with E-state index in [4.69, 9.17) is 5.11 Å². The van der Waals surface area contributed by atoms with Gasteiger partial charge in [0.1, 0.15) is 5.75 Å². The van der Waals surface area contributed by atoms with E-state index in [1.54, 1.807) is 36.4 Å². The van der Waals surface area contributed by atoms with Crippen molar-refractivity contribution >= 4 is 29.4 Å². The highest BCUT2D eigenvalue weighted by Gasteiger charge is 2.39. The lowest BCUT2D eigenvalue weighted by Gasteiger charge is -2.33. The van der Waals surface area contributed by atoms with Gasteiger partial charge in [0.25, 0.3) is 5.91 Å². The van der Waals surface area contributed by atoms with Crippen LogP contribution in [0.1, 0.15) is 17.5 Å². The number of halogens is 2. The van der Waals surface area contributed by atoms with Crippen LogP contribution in [0.25, 0.3) is 0 Å². The number of alkyl halides is 2. The first-order valence-corrected chi connectivity index (χ1v) is 10.6. The lowest BCUT2D eigenvalue weighted by Crippen LogP contribution is -2.57. The highest BCUT2D eigenvalue weighted by molar-refractivity contribution is 6.19. The third-order valence-electron chi connectivity index (χ3n) is 5.18. The summed E-state index contributed by atoms with van der Waals surface area (Å²) >= 11 is 0. The van der Waals surface area contributed by atoms with E-state index in [-0.39, 0.29) is 30.8 Å². The molecule has 3 amide bonds. The SMILES string of the molecule is CN1C=CC(=O)[C@H](N(C(=O)NCCC(=O)O)c2cccc(Cc3ccccc3OC(F)F)c2)C1=O. The van der Waals surface area contributed by atoms with Crippen molar-refractivity contribution in [3.8, 4) is 5.75 Å². The zero-order chi connectivity index (χ0) is 25.5. The molecule has 1 heterocycles. The summed E-state index contributed by atoms with van der Waals surface area (Å²) in [5.41, 5.74) is 1.25. The van der Waals surface area contributed by atoms with E-state index in [0.717, 1.165) is 4.90 Å². The maximum atomic E-state index is 13.0. The summed E-state index contributed by atoms with van der Waals surface area (Å²) in [6.45, 7) is -3.22. The van der Waals surface area contributed by atoms with Crippen LogP contribution < -0.4 is 15.0 Å². The van der Waals surface area contributed by atoms with E-state index in [2.05, 4.69) is 10.1 Å². The number of anilines is 1. The van der Waals surface area contributed by atoms with Gasteiger partial charge in [-0.25, -0.2) is 4.79 Å². The molecule has 9 nitrogen and oxygen atoms in total. The zero-order valence-corrected chi connectivity index (χ0v) is 18.7. The number of likely N-dealkylation sites (N-methyl/N-ethyl adjacent to an activating group) is 1. The van der Waals surface area contributed by atoms with Crippen molar-refractivity contribution in [2.24, 2.45) is 0 Å². The van der Waals surface area contributed by atoms with Gasteiger partial charge >= 0.3 is 18.6 Å². The first kappa shape index (κ1) is 25.3. The molecule has 0 saturated carbocycles. The quantitative estimate of drug-likeness (QED) is 0.526. The second kappa shape index (κ2) is 11.2. The molecule has 0 fully saturated rings. The molecule has 1 atom stereocenters. The van der Waals surface area contributed by atoms with Gasteiger partial charge in [0.2, 0.25) is 0 Å². The van der Waals surface area contributed by atoms with E-state index >= 15 is 0 Å². The number of para-hydroxylation sites is 1. The first-order valence-electron chi connectivity index (χ1n) is 10.6. The third kappa shape index (κ3) is 6.40. The van der Waals surface area contributed by atoms with Crippen LogP contribution in [-0.4, -0.2) is 59.9 Å². The van der Waals surface area contributed by atoms with E-state index < -0.39 is 36.3 Å². The molecule has 35 heavy (non-hydrogen) atoms. The summed E-state index contributed by atoms with van der Waals surface area (Å²) in [5, 5.41) is 11.3. The highest BCUT2D eigenvalue weighted by Crippen LogP contribution is 2.27. The van der Waals surface area contributed by atoms with Crippen LogP contribution in [0.2, 0.25) is 0 Å². The number of urea groups is 1. The predicted octanol–water partition coefficient (Wildman–Crippen LogP) is 2.79. The number of benzene rings is 2. The number of carbonyl (C=O) groups excluding carboxylic acids is 3. The molecule has 0 aromatic heterocycles. The Labute approximate surface area is 199 Å². The molecule has 0 unspecified atom stereocenters. The van der Waals surface area contributed by atoms with Crippen LogP contribution in [0.15, 0.2) is 60.8 Å². The number of carboxylic acid groups (broad SMARTS) is 1. The molecule has 184 valence electrons. The maximum absolute atomic E-state index is 13.0. The Bertz CT molecular complexity index is 1150. The molecule has 2 N–H and O–H groups in total. The third-order valence-corrected chi connectivity index (χ3v) is 5.18. The number of aliphatic carboxylic acids is 1. The monoisotopic (exact) mass is 487 g/mol. The van der Waals surface area contributed by atoms with E-state index in [1.165, 1.54) is 36.4 Å². The fraction of sp³-hybridized carbons (Fsp3) is 0.250. The number of nitrogens with one attached hydrogen (secondary N) is 1. The molecule has 0 spiro atoms. The van der Waals surface area contributed by atoms with Crippen molar-refractivity contribution in [3.63, 3.8) is 0 Å². The normalized spacial score (nSPS) is 15.3. The summed E-state index contributed by atoms with van der Waals surface area (Å²) in [6.07, 6.45) is 2.27. The summed E-state index contributed by atoms with van der Waals surface area (Å²) in [6, 6.07) is 10.3. The smallest absolute Gasteiger partial charge is 0.387 e. The second-order valence-corrected chi connectivity index (χ2v) is 7.65. The minimum absolute atomic E-state index is 0.000529. The van der Waals surface area contributed by atoms with Crippen molar-refractivity contribution in [3.05, 3.63) is 71.9 Å². The minimum Gasteiger partial charge on any atom is -0.481 e. The van der Waals surface area contributed by atoms with Crippen LogP contribution in [0.5, 0.6) is 5.75 Å². The molecule has 2 aromatic carbocycles. The number of rotatable bonds is 9. The van der Waals surface area contributed by atoms with Gasteiger partial charge in [-0.05, 0) is 29.3 Å². The standard InChI is InChI=1S/C24H23F2N3O6/c1-28-12-10-18(30)21(22(28)33)29(24(34)27-11-9-20(31)32)17-7-4-5-15(14-17)13-16-6-2-3-8-19(16)35-23(25)26/h2-8,10,12,14,21,23H,9,11,13H2,1H3,(H,27,34)(H,31,32)/t21-/m0/s1. The fourth-order valence-electron chi connectivity index (χ4n) is 3.54. The van der Waals surface area contributed by atoms with Gasteiger partial charge in [-0.3, -0.25) is 19.3 Å². The number of ketones is 1. The van der Waals surface area contributed by atoms with Gasteiger partial charge in [0.05, 0.1) is 6.42 Å².